The van der Waals surface area contributed by atoms with Crippen molar-refractivity contribution in [1.82, 2.24) is 0 Å². The van der Waals surface area contributed by atoms with Gasteiger partial charge in [0.15, 0.2) is 0 Å². The van der Waals surface area contributed by atoms with Gasteiger partial charge < -0.3 is 4.72 Å². The second kappa shape index (κ2) is 4.38. The largest absolute Gasteiger partial charge is 0.576 e. The Hall–Kier alpha value is -0.450. The average molecular weight is 253 g/mol. The molecule has 1 rings (SSSR count). The number of nitrogens with zero attached hydrogens (tertiary/aromatic N) is 1. The zero-order valence-electron chi connectivity index (χ0n) is 7.37. The highest BCUT2D eigenvalue weighted by molar-refractivity contribution is 7.94. The van der Waals surface area contributed by atoms with Gasteiger partial charge in [-0.3, -0.25) is 0 Å². The molecular weight excluding hydrogens is 245 g/mol. The van der Waals surface area contributed by atoms with Gasteiger partial charge in [0, 0.05) is 15.8 Å². The third-order valence-electron chi connectivity index (χ3n) is 1.51. The highest BCUT2D eigenvalue weighted by Gasteiger charge is 1.98. The minimum absolute atomic E-state index is 0.0496. The van der Waals surface area contributed by atoms with E-state index in [-0.39, 0.29) is 16.5 Å². The SMILES string of the molecule is CCS(=O)(=O)[N-]c1ccc(Cl)cc1Cl. The van der Waals surface area contributed by atoms with Crippen molar-refractivity contribution in [2.45, 2.75) is 6.92 Å². The van der Waals surface area contributed by atoms with Crippen LogP contribution in [0.25, 0.3) is 4.72 Å². The zero-order valence-corrected chi connectivity index (χ0v) is 9.70. The summed E-state index contributed by atoms with van der Waals surface area (Å²) in [6.45, 7) is 1.52. The minimum Gasteiger partial charge on any atom is -0.576 e. The van der Waals surface area contributed by atoms with Gasteiger partial charge in [-0.15, -0.1) is 5.69 Å². The molecule has 0 radical (unpaired) electrons. The normalized spacial score (nSPS) is 11.4. The Morgan fingerprint density at radius 3 is 2.50 bits per heavy atom. The van der Waals surface area contributed by atoms with Crippen LogP contribution in [0.3, 0.4) is 0 Å². The van der Waals surface area contributed by atoms with Crippen LogP contribution in [0.4, 0.5) is 5.69 Å². The molecule has 78 valence electrons. The fraction of sp³-hybridized carbons (Fsp3) is 0.250. The molecule has 1 aromatic rings. The van der Waals surface area contributed by atoms with Gasteiger partial charge in [0.2, 0.25) is 0 Å². The van der Waals surface area contributed by atoms with Crippen LogP contribution >= 0.6 is 23.2 Å². The smallest absolute Gasteiger partial charge is 0.0935 e. The molecule has 0 N–H and O–H groups in total. The molecule has 14 heavy (non-hydrogen) atoms. The van der Waals surface area contributed by atoms with Gasteiger partial charge in [0.25, 0.3) is 0 Å². The Bertz CT molecular complexity index is 431. The Balaban J connectivity index is 2.99. The highest BCUT2D eigenvalue weighted by atomic mass is 35.5. The maximum atomic E-state index is 11.1. The van der Waals surface area contributed by atoms with E-state index in [1.54, 1.807) is 0 Å². The molecular formula is C8H8Cl2NO2S-. The van der Waals surface area contributed by atoms with Gasteiger partial charge >= 0.3 is 0 Å². The summed E-state index contributed by atoms with van der Waals surface area (Å²) in [7, 11) is -3.41. The van der Waals surface area contributed by atoms with Crippen molar-refractivity contribution in [2.75, 3.05) is 5.75 Å². The van der Waals surface area contributed by atoms with Crippen LogP contribution in [-0.2, 0) is 10.0 Å². The van der Waals surface area contributed by atoms with Crippen molar-refractivity contribution in [1.29, 1.82) is 0 Å². The molecule has 0 amide bonds. The minimum atomic E-state index is -3.41. The summed E-state index contributed by atoms with van der Waals surface area (Å²) in [6, 6.07) is 4.46. The van der Waals surface area contributed by atoms with Crippen LogP contribution in [0.15, 0.2) is 18.2 Å². The maximum Gasteiger partial charge on any atom is 0.0935 e. The summed E-state index contributed by atoms with van der Waals surface area (Å²) in [6.07, 6.45) is 0. The lowest BCUT2D eigenvalue weighted by molar-refractivity contribution is 0.604. The monoisotopic (exact) mass is 252 g/mol. The summed E-state index contributed by atoms with van der Waals surface area (Å²) >= 11 is 11.4. The Kier molecular flexibility index (Phi) is 3.64. The van der Waals surface area contributed by atoms with E-state index < -0.39 is 10.0 Å². The van der Waals surface area contributed by atoms with Gasteiger partial charge in [-0.05, 0) is 12.1 Å². The number of hydrogen-bond donors (Lipinski definition) is 0. The number of rotatable bonds is 3. The van der Waals surface area contributed by atoms with Crippen molar-refractivity contribution in [3.05, 3.63) is 33.0 Å². The van der Waals surface area contributed by atoms with E-state index in [0.29, 0.717) is 5.02 Å². The third kappa shape index (κ3) is 3.04. The highest BCUT2D eigenvalue weighted by Crippen LogP contribution is 2.33. The van der Waals surface area contributed by atoms with E-state index in [1.165, 1.54) is 25.1 Å². The predicted molar refractivity (Wildman–Crippen MR) is 58.9 cm³/mol. The second-order valence-corrected chi connectivity index (χ2v) is 5.32. The molecule has 6 heteroatoms. The number of halogens is 2. The fourth-order valence-electron chi connectivity index (χ4n) is 0.770. The topological polar surface area (TPSA) is 48.2 Å². The Morgan fingerprint density at radius 1 is 1.36 bits per heavy atom. The van der Waals surface area contributed by atoms with Gasteiger partial charge in [0.1, 0.15) is 0 Å². The lowest BCUT2D eigenvalue weighted by Crippen LogP contribution is -1.98. The molecule has 0 atom stereocenters. The summed E-state index contributed by atoms with van der Waals surface area (Å²) < 4.78 is 25.8. The molecule has 3 nitrogen and oxygen atoms in total. The van der Waals surface area contributed by atoms with E-state index in [2.05, 4.69) is 4.72 Å². The molecule has 0 aliphatic rings. The maximum absolute atomic E-state index is 11.1. The van der Waals surface area contributed by atoms with Gasteiger partial charge in [0.05, 0.1) is 10.0 Å². The molecule has 0 unspecified atom stereocenters. The number of benzene rings is 1. The van der Waals surface area contributed by atoms with Gasteiger partial charge in [-0.1, -0.05) is 36.2 Å². The summed E-state index contributed by atoms with van der Waals surface area (Å²) in [5.74, 6) is -0.0496. The van der Waals surface area contributed by atoms with E-state index in [4.69, 9.17) is 23.2 Å². The lowest BCUT2D eigenvalue weighted by Gasteiger charge is -2.21. The first kappa shape index (κ1) is 11.6. The molecule has 0 saturated heterocycles. The van der Waals surface area contributed by atoms with Crippen LogP contribution < -0.4 is 0 Å². The van der Waals surface area contributed by atoms with E-state index >= 15 is 0 Å². The van der Waals surface area contributed by atoms with Gasteiger partial charge in [-0.2, -0.15) is 0 Å². The average Bonchev–Trinajstić information content (AvgIpc) is 2.10. The molecule has 0 spiro atoms. The standard InChI is InChI=1S/C8H8Cl2NO2S/c1-2-14(12,13)11-8-4-3-6(9)5-7(8)10/h3-5H,2H2,1H3/q-1. The van der Waals surface area contributed by atoms with Crippen molar-refractivity contribution in [2.24, 2.45) is 0 Å². The zero-order chi connectivity index (χ0) is 10.8. The first-order valence-electron chi connectivity index (χ1n) is 3.85. The van der Waals surface area contributed by atoms with Crippen LogP contribution in [0.1, 0.15) is 6.92 Å². The molecule has 0 aliphatic heterocycles. The van der Waals surface area contributed by atoms with Crippen molar-refractivity contribution >= 4 is 38.9 Å². The Labute approximate surface area is 93.1 Å². The molecule has 0 bridgehead atoms. The fourth-order valence-corrected chi connectivity index (χ4v) is 1.86. The molecule has 0 aromatic heterocycles. The third-order valence-corrected chi connectivity index (χ3v) is 3.25. The lowest BCUT2D eigenvalue weighted by atomic mass is 10.3. The van der Waals surface area contributed by atoms with Crippen LogP contribution in [0.5, 0.6) is 0 Å². The first-order chi connectivity index (χ1) is 6.44. The van der Waals surface area contributed by atoms with E-state index in [9.17, 15) is 8.42 Å². The van der Waals surface area contributed by atoms with E-state index in [1.807, 2.05) is 0 Å². The van der Waals surface area contributed by atoms with Crippen molar-refractivity contribution in [3.8, 4) is 0 Å². The Morgan fingerprint density at radius 2 is 2.00 bits per heavy atom. The molecule has 0 saturated carbocycles. The molecule has 0 aliphatic carbocycles. The summed E-state index contributed by atoms with van der Waals surface area (Å²) in [5, 5.41) is 0.678. The van der Waals surface area contributed by atoms with Crippen molar-refractivity contribution < 1.29 is 8.42 Å². The van der Waals surface area contributed by atoms with E-state index in [0.717, 1.165) is 0 Å². The quantitative estimate of drug-likeness (QED) is 0.829. The predicted octanol–water partition coefficient (Wildman–Crippen LogP) is 3.35. The van der Waals surface area contributed by atoms with Crippen LogP contribution in [0, 0.1) is 0 Å². The van der Waals surface area contributed by atoms with Crippen molar-refractivity contribution in [3.63, 3.8) is 0 Å². The number of sulfonamides is 1. The first-order valence-corrected chi connectivity index (χ1v) is 6.22. The summed E-state index contributed by atoms with van der Waals surface area (Å²) in [4.78, 5) is 0. The van der Waals surface area contributed by atoms with Crippen LogP contribution in [0.2, 0.25) is 10.0 Å². The second-order valence-electron chi connectivity index (χ2n) is 2.56. The van der Waals surface area contributed by atoms with Crippen LogP contribution in [-0.4, -0.2) is 14.2 Å². The molecule has 0 fully saturated rings. The summed E-state index contributed by atoms with van der Waals surface area (Å²) in [5.41, 5.74) is 0.220. The molecule has 1 aromatic carbocycles. The molecule has 0 heterocycles. The van der Waals surface area contributed by atoms with Gasteiger partial charge in [-0.25, -0.2) is 8.42 Å². The number of hydrogen-bond acceptors (Lipinski definition) is 2.